The molecule has 0 saturated heterocycles. The van der Waals surface area contributed by atoms with E-state index in [9.17, 15) is 4.39 Å². The van der Waals surface area contributed by atoms with Crippen LogP contribution in [-0.2, 0) is 12.8 Å². The Kier molecular flexibility index (Phi) is 5.75. The van der Waals surface area contributed by atoms with Crippen LogP contribution in [0.25, 0.3) is 0 Å². The van der Waals surface area contributed by atoms with Gasteiger partial charge in [-0.15, -0.1) is 0 Å². The molecule has 2 aromatic carbocycles. The topological polar surface area (TPSA) is 12.0 Å². The Morgan fingerprint density at radius 1 is 0.950 bits per heavy atom. The van der Waals surface area contributed by atoms with Crippen LogP contribution in [0, 0.1) is 5.82 Å². The average Bonchev–Trinajstić information content (AvgIpc) is 2.48. The highest BCUT2D eigenvalue weighted by Crippen LogP contribution is 2.07. The molecule has 0 aliphatic rings. The summed E-state index contributed by atoms with van der Waals surface area (Å²) >= 11 is 0. The van der Waals surface area contributed by atoms with Gasteiger partial charge in [0.15, 0.2) is 0 Å². The van der Waals surface area contributed by atoms with Crippen molar-refractivity contribution in [1.82, 2.24) is 5.32 Å². The zero-order chi connectivity index (χ0) is 14.2. The van der Waals surface area contributed by atoms with Crippen molar-refractivity contribution in [3.05, 3.63) is 71.5 Å². The van der Waals surface area contributed by atoms with Crippen molar-refractivity contribution in [2.75, 3.05) is 6.54 Å². The SMILES string of the molecule is CC(CCc1ccccc1)NCCc1ccccc1F. The summed E-state index contributed by atoms with van der Waals surface area (Å²) in [6.45, 7) is 3.00. The maximum Gasteiger partial charge on any atom is 0.126 e. The van der Waals surface area contributed by atoms with Gasteiger partial charge in [0.05, 0.1) is 0 Å². The normalized spacial score (nSPS) is 12.3. The first-order valence-corrected chi connectivity index (χ1v) is 7.26. The zero-order valence-corrected chi connectivity index (χ0v) is 12.0. The fraction of sp³-hybridized carbons (Fsp3) is 0.333. The van der Waals surface area contributed by atoms with Gasteiger partial charge in [-0.25, -0.2) is 4.39 Å². The molecule has 0 fully saturated rings. The van der Waals surface area contributed by atoms with Crippen molar-refractivity contribution in [3.8, 4) is 0 Å². The van der Waals surface area contributed by atoms with Crippen LogP contribution in [0.1, 0.15) is 24.5 Å². The summed E-state index contributed by atoms with van der Waals surface area (Å²) in [7, 11) is 0. The van der Waals surface area contributed by atoms with Crippen molar-refractivity contribution < 1.29 is 4.39 Å². The van der Waals surface area contributed by atoms with Crippen molar-refractivity contribution in [2.24, 2.45) is 0 Å². The minimum atomic E-state index is -0.105. The highest BCUT2D eigenvalue weighted by molar-refractivity contribution is 5.17. The van der Waals surface area contributed by atoms with Crippen LogP contribution in [0.15, 0.2) is 54.6 Å². The molecule has 1 unspecified atom stereocenters. The maximum atomic E-state index is 13.5. The van der Waals surface area contributed by atoms with Gasteiger partial charge in [-0.1, -0.05) is 48.5 Å². The molecule has 0 aliphatic heterocycles. The third-order valence-electron chi connectivity index (χ3n) is 3.55. The minimum absolute atomic E-state index is 0.105. The first-order chi connectivity index (χ1) is 9.75. The monoisotopic (exact) mass is 271 g/mol. The van der Waals surface area contributed by atoms with Crippen LogP contribution in [0.3, 0.4) is 0 Å². The molecule has 20 heavy (non-hydrogen) atoms. The molecule has 0 bridgehead atoms. The highest BCUT2D eigenvalue weighted by Gasteiger charge is 2.04. The molecule has 0 heterocycles. The Morgan fingerprint density at radius 2 is 1.65 bits per heavy atom. The number of benzene rings is 2. The van der Waals surface area contributed by atoms with E-state index in [1.165, 1.54) is 11.6 Å². The van der Waals surface area contributed by atoms with E-state index in [1.54, 1.807) is 6.07 Å². The third-order valence-corrected chi connectivity index (χ3v) is 3.55. The van der Waals surface area contributed by atoms with Crippen molar-refractivity contribution in [1.29, 1.82) is 0 Å². The Balaban J connectivity index is 1.68. The fourth-order valence-corrected chi connectivity index (χ4v) is 2.28. The van der Waals surface area contributed by atoms with E-state index in [2.05, 4.69) is 36.5 Å². The molecule has 2 aromatic rings. The Morgan fingerprint density at radius 3 is 2.40 bits per heavy atom. The highest BCUT2D eigenvalue weighted by atomic mass is 19.1. The molecule has 0 aliphatic carbocycles. The molecule has 2 rings (SSSR count). The van der Waals surface area contributed by atoms with Crippen LogP contribution in [-0.4, -0.2) is 12.6 Å². The molecule has 0 amide bonds. The van der Waals surface area contributed by atoms with Gasteiger partial charge in [0.25, 0.3) is 0 Å². The third kappa shape index (κ3) is 4.78. The molecule has 0 saturated carbocycles. The van der Waals surface area contributed by atoms with E-state index in [4.69, 9.17) is 0 Å². The lowest BCUT2D eigenvalue weighted by Crippen LogP contribution is -2.28. The van der Waals surface area contributed by atoms with Gasteiger partial charge in [-0.05, 0) is 49.9 Å². The van der Waals surface area contributed by atoms with Crippen LogP contribution in [0.5, 0.6) is 0 Å². The second-order valence-corrected chi connectivity index (χ2v) is 5.22. The summed E-state index contributed by atoms with van der Waals surface area (Å²) in [6, 6.07) is 17.9. The van der Waals surface area contributed by atoms with Crippen molar-refractivity contribution in [3.63, 3.8) is 0 Å². The first kappa shape index (κ1) is 14.7. The maximum absolute atomic E-state index is 13.5. The summed E-state index contributed by atoms with van der Waals surface area (Å²) in [4.78, 5) is 0. The molecule has 0 radical (unpaired) electrons. The molecule has 1 N–H and O–H groups in total. The predicted octanol–water partition coefficient (Wildman–Crippen LogP) is 3.98. The number of hydrogen-bond acceptors (Lipinski definition) is 1. The Labute approximate surface area is 120 Å². The number of halogens is 1. The van der Waals surface area contributed by atoms with Crippen molar-refractivity contribution in [2.45, 2.75) is 32.2 Å². The number of nitrogens with one attached hydrogen (secondary N) is 1. The summed E-state index contributed by atoms with van der Waals surface area (Å²) < 4.78 is 13.5. The van der Waals surface area contributed by atoms with Crippen LogP contribution in [0.2, 0.25) is 0 Å². The molecule has 2 heteroatoms. The fourth-order valence-electron chi connectivity index (χ4n) is 2.28. The van der Waals surface area contributed by atoms with E-state index in [-0.39, 0.29) is 5.82 Å². The van der Waals surface area contributed by atoms with Gasteiger partial charge in [0.2, 0.25) is 0 Å². The molecule has 1 nitrogen and oxygen atoms in total. The van der Waals surface area contributed by atoms with Gasteiger partial charge in [-0.3, -0.25) is 0 Å². The van der Waals surface area contributed by atoms with E-state index in [0.29, 0.717) is 6.04 Å². The molecule has 0 spiro atoms. The molecular formula is C18H22FN. The van der Waals surface area contributed by atoms with Gasteiger partial charge < -0.3 is 5.32 Å². The number of rotatable bonds is 7. The summed E-state index contributed by atoms with van der Waals surface area (Å²) in [6.07, 6.45) is 2.92. The minimum Gasteiger partial charge on any atom is -0.314 e. The van der Waals surface area contributed by atoms with Crippen LogP contribution < -0.4 is 5.32 Å². The predicted molar refractivity (Wildman–Crippen MR) is 82.3 cm³/mol. The lowest BCUT2D eigenvalue weighted by molar-refractivity contribution is 0.512. The zero-order valence-electron chi connectivity index (χ0n) is 12.0. The van der Waals surface area contributed by atoms with E-state index in [0.717, 1.165) is 31.4 Å². The van der Waals surface area contributed by atoms with E-state index >= 15 is 0 Å². The first-order valence-electron chi connectivity index (χ1n) is 7.26. The second-order valence-electron chi connectivity index (χ2n) is 5.22. The quantitative estimate of drug-likeness (QED) is 0.803. The van der Waals surface area contributed by atoms with Gasteiger partial charge >= 0.3 is 0 Å². The van der Waals surface area contributed by atoms with Gasteiger partial charge in [-0.2, -0.15) is 0 Å². The Bertz CT molecular complexity index is 510. The van der Waals surface area contributed by atoms with Crippen LogP contribution in [0.4, 0.5) is 4.39 Å². The lowest BCUT2D eigenvalue weighted by Gasteiger charge is -2.14. The van der Waals surface area contributed by atoms with E-state index in [1.807, 2.05) is 18.2 Å². The van der Waals surface area contributed by atoms with Gasteiger partial charge in [0.1, 0.15) is 5.82 Å². The van der Waals surface area contributed by atoms with E-state index < -0.39 is 0 Å². The lowest BCUT2D eigenvalue weighted by atomic mass is 10.1. The Hall–Kier alpha value is -1.67. The number of hydrogen-bond donors (Lipinski definition) is 1. The molecule has 106 valence electrons. The largest absolute Gasteiger partial charge is 0.314 e. The summed E-state index contributed by atoms with van der Waals surface area (Å²) in [5, 5.41) is 3.46. The summed E-state index contributed by atoms with van der Waals surface area (Å²) in [5.74, 6) is -0.105. The molecule has 0 aromatic heterocycles. The standard InChI is InChI=1S/C18H22FN/c1-15(11-12-16-7-3-2-4-8-16)20-14-13-17-9-5-6-10-18(17)19/h2-10,15,20H,11-14H2,1H3. The molecular weight excluding hydrogens is 249 g/mol. The van der Waals surface area contributed by atoms with Crippen LogP contribution >= 0.6 is 0 Å². The number of aryl methyl sites for hydroxylation is 1. The average molecular weight is 271 g/mol. The summed E-state index contributed by atoms with van der Waals surface area (Å²) in [5.41, 5.74) is 2.16. The molecule has 1 atom stereocenters. The smallest absolute Gasteiger partial charge is 0.126 e. The van der Waals surface area contributed by atoms with Gasteiger partial charge in [0, 0.05) is 6.04 Å². The van der Waals surface area contributed by atoms with Crippen molar-refractivity contribution >= 4 is 0 Å². The second kappa shape index (κ2) is 7.81.